The summed E-state index contributed by atoms with van der Waals surface area (Å²) in [6.07, 6.45) is 2.36. The Morgan fingerprint density at radius 1 is 1.17 bits per heavy atom. The SMILES string of the molecule is COc1cc(C#N)c(OCC2CCC(C)(C(=O)O)CC2)cc1C(=O)Nc1cc(Cl)ccc1C(=O)N[C@H](C)C(C)(C)F. The van der Waals surface area contributed by atoms with Crippen molar-refractivity contribution in [2.75, 3.05) is 19.0 Å². The molecule has 0 aromatic heterocycles. The number of anilines is 1. The fourth-order valence-electron chi connectivity index (χ4n) is 4.47. The molecule has 0 unspecified atom stereocenters. The number of nitriles is 1. The zero-order valence-electron chi connectivity index (χ0n) is 23.8. The van der Waals surface area contributed by atoms with Gasteiger partial charge in [0.1, 0.15) is 23.2 Å². The molecule has 1 atom stereocenters. The van der Waals surface area contributed by atoms with Gasteiger partial charge in [-0.05, 0) is 83.6 Å². The van der Waals surface area contributed by atoms with E-state index in [0.717, 1.165) is 0 Å². The van der Waals surface area contributed by atoms with Crippen LogP contribution in [0.4, 0.5) is 10.1 Å². The van der Waals surface area contributed by atoms with Crippen LogP contribution in [0.5, 0.6) is 11.5 Å². The molecule has 3 N–H and O–H groups in total. The van der Waals surface area contributed by atoms with Crippen LogP contribution in [-0.4, -0.2) is 48.3 Å². The second kappa shape index (κ2) is 12.8. The number of hydrogen-bond donors (Lipinski definition) is 3. The van der Waals surface area contributed by atoms with E-state index in [1.165, 1.54) is 58.2 Å². The molecule has 2 aromatic carbocycles. The van der Waals surface area contributed by atoms with Gasteiger partial charge in [-0.15, -0.1) is 0 Å². The number of methoxy groups -OCH3 is 1. The summed E-state index contributed by atoms with van der Waals surface area (Å²) in [5.74, 6) is -1.68. The number of nitrogens with zero attached hydrogens (tertiary/aromatic N) is 1. The van der Waals surface area contributed by atoms with E-state index in [1.807, 2.05) is 6.07 Å². The standard InChI is InChI=1S/C30H35ClFN3O6/c1-17(29(2,3)32)34-26(36)21-7-6-20(31)13-23(21)35-27(37)22-14-24(19(15-33)12-25(22)40-5)41-16-18-8-10-30(4,11-9-18)28(38)39/h6-7,12-14,17-18H,8-11,16H2,1-5H3,(H,34,36)(H,35,37)(H,38,39)/t17-,18?,30?/m1/s1. The topological polar surface area (TPSA) is 138 Å². The van der Waals surface area contributed by atoms with Crippen molar-refractivity contribution in [2.45, 2.75) is 65.1 Å². The summed E-state index contributed by atoms with van der Waals surface area (Å²) >= 11 is 6.15. The number of hydrogen-bond acceptors (Lipinski definition) is 6. The van der Waals surface area contributed by atoms with E-state index in [2.05, 4.69) is 10.6 Å². The summed E-state index contributed by atoms with van der Waals surface area (Å²) in [4.78, 5) is 37.9. The van der Waals surface area contributed by atoms with E-state index in [0.29, 0.717) is 25.7 Å². The first-order valence-corrected chi connectivity index (χ1v) is 13.6. The van der Waals surface area contributed by atoms with Crippen molar-refractivity contribution in [2.24, 2.45) is 11.3 Å². The van der Waals surface area contributed by atoms with Gasteiger partial charge in [-0.25, -0.2) is 4.39 Å². The van der Waals surface area contributed by atoms with Gasteiger partial charge in [0.25, 0.3) is 11.8 Å². The number of carboxylic acids is 1. The van der Waals surface area contributed by atoms with Crippen molar-refractivity contribution in [3.63, 3.8) is 0 Å². The lowest BCUT2D eigenvalue weighted by Crippen LogP contribution is -2.44. The van der Waals surface area contributed by atoms with Gasteiger partial charge >= 0.3 is 5.97 Å². The number of amides is 2. The molecular formula is C30H35ClFN3O6. The predicted octanol–water partition coefficient (Wildman–Crippen LogP) is 6.00. The third-order valence-corrected chi connectivity index (χ3v) is 7.95. The molecule has 0 radical (unpaired) electrons. The van der Waals surface area contributed by atoms with Crippen molar-refractivity contribution in [3.05, 3.63) is 52.0 Å². The second-order valence-electron chi connectivity index (χ2n) is 11.2. The highest BCUT2D eigenvalue weighted by Crippen LogP contribution is 2.39. The predicted molar refractivity (Wildman–Crippen MR) is 152 cm³/mol. The highest BCUT2D eigenvalue weighted by Gasteiger charge is 2.37. The number of carbonyl (C=O) groups excluding carboxylic acids is 2. The molecule has 0 aliphatic heterocycles. The third kappa shape index (κ3) is 7.67. The molecule has 0 heterocycles. The number of alkyl halides is 1. The van der Waals surface area contributed by atoms with Crippen molar-refractivity contribution < 1.29 is 33.4 Å². The zero-order valence-corrected chi connectivity index (χ0v) is 24.5. The smallest absolute Gasteiger partial charge is 0.309 e. The number of halogens is 2. The lowest BCUT2D eigenvalue weighted by atomic mass is 9.72. The fourth-order valence-corrected chi connectivity index (χ4v) is 4.64. The number of benzene rings is 2. The summed E-state index contributed by atoms with van der Waals surface area (Å²) < 4.78 is 25.6. The van der Waals surface area contributed by atoms with Crippen LogP contribution in [0.15, 0.2) is 30.3 Å². The van der Waals surface area contributed by atoms with Crippen LogP contribution in [-0.2, 0) is 4.79 Å². The van der Waals surface area contributed by atoms with Crippen LogP contribution in [0.2, 0.25) is 5.02 Å². The Morgan fingerprint density at radius 2 is 1.83 bits per heavy atom. The largest absolute Gasteiger partial charge is 0.496 e. The molecule has 2 aromatic rings. The molecule has 1 aliphatic rings. The maximum Gasteiger partial charge on any atom is 0.309 e. The summed E-state index contributed by atoms with van der Waals surface area (Å²) in [6.45, 7) is 6.22. The summed E-state index contributed by atoms with van der Waals surface area (Å²) in [5, 5.41) is 24.7. The van der Waals surface area contributed by atoms with Gasteiger partial charge in [0.15, 0.2) is 0 Å². The van der Waals surface area contributed by atoms with Gasteiger partial charge in [-0.2, -0.15) is 5.26 Å². The van der Waals surface area contributed by atoms with Gasteiger partial charge in [0, 0.05) is 11.1 Å². The fraction of sp³-hybridized carbons (Fsp3) is 0.467. The molecule has 220 valence electrons. The maximum absolute atomic E-state index is 14.3. The average molecular weight is 588 g/mol. The Kier molecular flexibility index (Phi) is 9.87. The quantitative estimate of drug-likeness (QED) is 0.310. The molecule has 11 heteroatoms. The van der Waals surface area contributed by atoms with Crippen LogP contribution in [0.25, 0.3) is 0 Å². The van der Waals surface area contributed by atoms with E-state index in [9.17, 15) is 29.1 Å². The summed E-state index contributed by atoms with van der Waals surface area (Å²) in [5.41, 5.74) is -2.04. The minimum Gasteiger partial charge on any atom is -0.496 e. The molecule has 1 saturated carbocycles. The van der Waals surface area contributed by atoms with Crippen molar-refractivity contribution in [1.29, 1.82) is 5.26 Å². The summed E-state index contributed by atoms with van der Waals surface area (Å²) in [7, 11) is 1.35. The average Bonchev–Trinajstić information content (AvgIpc) is 2.91. The number of ether oxygens (including phenoxy) is 2. The Morgan fingerprint density at radius 3 is 2.39 bits per heavy atom. The Labute approximate surface area is 244 Å². The molecule has 0 spiro atoms. The first kappa shape index (κ1) is 31.7. The van der Waals surface area contributed by atoms with Crippen LogP contribution >= 0.6 is 11.6 Å². The normalized spacial score (nSPS) is 19.4. The number of rotatable bonds is 10. The first-order chi connectivity index (χ1) is 19.2. The molecule has 1 aliphatic carbocycles. The number of carbonyl (C=O) groups is 3. The van der Waals surface area contributed by atoms with E-state index >= 15 is 0 Å². The highest BCUT2D eigenvalue weighted by atomic mass is 35.5. The van der Waals surface area contributed by atoms with E-state index in [4.69, 9.17) is 21.1 Å². The van der Waals surface area contributed by atoms with Gasteiger partial charge < -0.3 is 25.2 Å². The molecule has 3 rings (SSSR count). The molecule has 1 fully saturated rings. The lowest BCUT2D eigenvalue weighted by Gasteiger charge is -2.33. The second-order valence-corrected chi connectivity index (χ2v) is 11.6. The third-order valence-electron chi connectivity index (χ3n) is 7.72. The van der Waals surface area contributed by atoms with E-state index < -0.39 is 34.9 Å². The summed E-state index contributed by atoms with van der Waals surface area (Å²) in [6, 6.07) is 8.34. The zero-order chi connectivity index (χ0) is 30.5. The van der Waals surface area contributed by atoms with Crippen LogP contribution in [0.1, 0.15) is 79.7 Å². The van der Waals surface area contributed by atoms with Gasteiger partial charge in [0.05, 0.1) is 47.6 Å². The molecule has 0 bridgehead atoms. The maximum atomic E-state index is 14.3. The monoisotopic (exact) mass is 587 g/mol. The highest BCUT2D eigenvalue weighted by molar-refractivity contribution is 6.31. The lowest BCUT2D eigenvalue weighted by molar-refractivity contribution is -0.150. The number of nitrogens with one attached hydrogen (secondary N) is 2. The van der Waals surface area contributed by atoms with Gasteiger partial charge in [-0.1, -0.05) is 11.6 Å². The van der Waals surface area contributed by atoms with E-state index in [1.54, 1.807) is 6.92 Å². The molecule has 41 heavy (non-hydrogen) atoms. The molecular weight excluding hydrogens is 553 g/mol. The first-order valence-electron chi connectivity index (χ1n) is 13.3. The van der Waals surface area contributed by atoms with Crippen molar-refractivity contribution in [3.8, 4) is 17.6 Å². The minimum atomic E-state index is -1.68. The van der Waals surface area contributed by atoms with Crippen LogP contribution in [0, 0.1) is 22.7 Å². The van der Waals surface area contributed by atoms with E-state index in [-0.39, 0.29) is 51.4 Å². The molecule has 0 saturated heterocycles. The van der Waals surface area contributed by atoms with Gasteiger partial charge in [-0.3, -0.25) is 14.4 Å². The van der Waals surface area contributed by atoms with Crippen molar-refractivity contribution >= 4 is 35.1 Å². The van der Waals surface area contributed by atoms with Crippen LogP contribution in [0.3, 0.4) is 0 Å². The number of carboxylic acid groups (broad SMARTS) is 1. The number of aliphatic carboxylic acids is 1. The Balaban J connectivity index is 1.83. The molecule has 2 amide bonds. The van der Waals surface area contributed by atoms with Gasteiger partial charge in [0.2, 0.25) is 0 Å². The van der Waals surface area contributed by atoms with Crippen molar-refractivity contribution in [1.82, 2.24) is 5.32 Å². The Bertz CT molecular complexity index is 1360. The Hall–Kier alpha value is -3.84. The molecule has 9 nitrogen and oxygen atoms in total. The minimum absolute atomic E-state index is 0.0492. The van der Waals surface area contributed by atoms with Crippen LogP contribution < -0.4 is 20.1 Å².